The first-order valence-electron chi connectivity index (χ1n) is 6.67. The van der Waals surface area contributed by atoms with Gasteiger partial charge in [0, 0.05) is 5.69 Å². The van der Waals surface area contributed by atoms with E-state index in [1.165, 1.54) is 6.33 Å². The smallest absolute Gasteiger partial charge is 0.238 e. The molecule has 1 aromatic carbocycles. The molecule has 0 aliphatic rings. The van der Waals surface area contributed by atoms with Crippen molar-refractivity contribution >= 4 is 28.6 Å². The number of nitrogens with one attached hydrogen (secondary N) is 1. The number of benzene rings is 1. The predicted octanol–water partition coefficient (Wildman–Crippen LogP) is 0.354. The van der Waals surface area contributed by atoms with Gasteiger partial charge in [-0.3, -0.25) is 4.79 Å². The molecule has 112 valence electrons. The Labute approximate surface area is 126 Å². The van der Waals surface area contributed by atoms with Crippen LogP contribution < -0.4 is 16.8 Å². The summed E-state index contributed by atoms with van der Waals surface area (Å²) in [4.78, 5) is 23.7. The molecule has 0 atom stereocenters. The number of carbonyl (C=O) groups excluding carboxylic acids is 1. The van der Waals surface area contributed by atoms with Crippen molar-refractivity contribution in [2.24, 2.45) is 5.73 Å². The van der Waals surface area contributed by atoms with Crippen LogP contribution in [0.25, 0.3) is 11.2 Å². The first kappa shape index (κ1) is 14.0. The van der Waals surface area contributed by atoms with Gasteiger partial charge in [-0.25, -0.2) is 15.0 Å². The van der Waals surface area contributed by atoms with Crippen LogP contribution in [0.1, 0.15) is 5.56 Å². The van der Waals surface area contributed by atoms with Gasteiger partial charge in [-0.15, -0.1) is 0 Å². The van der Waals surface area contributed by atoms with Crippen molar-refractivity contribution in [1.29, 1.82) is 0 Å². The zero-order valence-corrected chi connectivity index (χ0v) is 11.7. The Morgan fingerprint density at radius 2 is 2.14 bits per heavy atom. The van der Waals surface area contributed by atoms with E-state index in [9.17, 15) is 4.79 Å². The minimum Gasteiger partial charge on any atom is -0.382 e. The summed E-state index contributed by atoms with van der Waals surface area (Å²) in [6.45, 7) is 0.506. The summed E-state index contributed by atoms with van der Waals surface area (Å²) in [5.41, 5.74) is 14.0. The minimum atomic E-state index is -0.231. The van der Waals surface area contributed by atoms with Crippen LogP contribution in [0.2, 0.25) is 0 Å². The van der Waals surface area contributed by atoms with E-state index in [2.05, 4.69) is 20.3 Å². The summed E-state index contributed by atoms with van der Waals surface area (Å²) in [6, 6.07) is 7.51. The fraction of sp³-hybridized carbons (Fsp3) is 0.143. The van der Waals surface area contributed by atoms with E-state index in [-0.39, 0.29) is 12.5 Å². The number of fused-ring (bicyclic) bond motifs is 1. The van der Waals surface area contributed by atoms with E-state index in [4.69, 9.17) is 11.5 Å². The molecule has 0 radical (unpaired) electrons. The Hall–Kier alpha value is -3.00. The van der Waals surface area contributed by atoms with E-state index in [1.807, 2.05) is 28.8 Å². The van der Waals surface area contributed by atoms with Crippen LogP contribution in [0.3, 0.4) is 0 Å². The van der Waals surface area contributed by atoms with E-state index in [0.717, 1.165) is 5.56 Å². The molecule has 1 amide bonds. The Bertz CT molecular complexity index is 827. The molecular formula is C14H15N7O. The van der Waals surface area contributed by atoms with E-state index < -0.39 is 0 Å². The van der Waals surface area contributed by atoms with Crippen LogP contribution >= 0.6 is 0 Å². The number of nitrogens with two attached hydrogens (primary N) is 2. The highest BCUT2D eigenvalue weighted by Gasteiger charge is 2.08. The van der Waals surface area contributed by atoms with Crippen LogP contribution in [-0.4, -0.2) is 32.0 Å². The van der Waals surface area contributed by atoms with Gasteiger partial charge in [0.15, 0.2) is 11.5 Å². The zero-order chi connectivity index (χ0) is 15.5. The molecular weight excluding hydrogens is 282 g/mol. The second-order valence-electron chi connectivity index (χ2n) is 4.76. The molecule has 0 unspecified atom stereocenters. The Balaban J connectivity index is 1.87. The van der Waals surface area contributed by atoms with Crippen molar-refractivity contribution in [3.8, 4) is 0 Å². The average Bonchev–Trinajstić information content (AvgIpc) is 2.92. The second-order valence-corrected chi connectivity index (χ2v) is 4.76. The van der Waals surface area contributed by atoms with E-state index >= 15 is 0 Å². The molecule has 0 bridgehead atoms. The van der Waals surface area contributed by atoms with Gasteiger partial charge in [-0.05, 0) is 17.7 Å². The van der Waals surface area contributed by atoms with Gasteiger partial charge in [0.2, 0.25) is 5.91 Å². The third-order valence-corrected chi connectivity index (χ3v) is 3.18. The van der Waals surface area contributed by atoms with Crippen LogP contribution in [0, 0.1) is 0 Å². The molecule has 3 aromatic rings. The molecule has 8 heteroatoms. The monoisotopic (exact) mass is 297 g/mol. The standard InChI is InChI=1S/C14H15N7O/c15-5-11(22)20-10-3-1-2-9(4-10)6-21-8-19-12-13(16)17-7-18-14(12)21/h1-4,7-8H,5-6,15H2,(H,20,22)(H2,16,17,18). The van der Waals surface area contributed by atoms with Gasteiger partial charge in [0.05, 0.1) is 19.4 Å². The number of hydrogen-bond donors (Lipinski definition) is 3. The van der Waals surface area contributed by atoms with Crippen molar-refractivity contribution < 1.29 is 4.79 Å². The third-order valence-electron chi connectivity index (χ3n) is 3.18. The van der Waals surface area contributed by atoms with E-state index in [0.29, 0.717) is 29.2 Å². The SMILES string of the molecule is NCC(=O)Nc1cccc(Cn2cnc3c(N)ncnc32)c1. The molecule has 2 aromatic heterocycles. The van der Waals surface area contributed by atoms with Gasteiger partial charge in [-0.2, -0.15) is 0 Å². The lowest BCUT2D eigenvalue weighted by Crippen LogP contribution is -2.21. The van der Waals surface area contributed by atoms with Crippen LogP contribution in [-0.2, 0) is 11.3 Å². The number of hydrogen-bond acceptors (Lipinski definition) is 6. The quantitative estimate of drug-likeness (QED) is 0.638. The van der Waals surface area contributed by atoms with Gasteiger partial charge in [0.1, 0.15) is 11.8 Å². The number of nitrogen functional groups attached to an aromatic ring is 1. The summed E-state index contributed by atoms with van der Waals surface area (Å²) in [5, 5.41) is 2.72. The summed E-state index contributed by atoms with van der Waals surface area (Å²) < 4.78 is 1.87. The van der Waals surface area contributed by atoms with Crippen LogP contribution in [0.15, 0.2) is 36.9 Å². The Morgan fingerprint density at radius 1 is 1.27 bits per heavy atom. The maximum Gasteiger partial charge on any atom is 0.238 e. The highest BCUT2D eigenvalue weighted by molar-refractivity contribution is 5.92. The lowest BCUT2D eigenvalue weighted by molar-refractivity contribution is -0.114. The summed E-state index contributed by atoms with van der Waals surface area (Å²) in [7, 11) is 0. The third kappa shape index (κ3) is 2.72. The first-order valence-corrected chi connectivity index (χ1v) is 6.67. The molecule has 22 heavy (non-hydrogen) atoms. The number of aromatic nitrogens is 4. The zero-order valence-electron chi connectivity index (χ0n) is 11.7. The summed E-state index contributed by atoms with van der Waals surface area (Å²) in [5.74, 6) is 0.124. The summed E-state index contributed by atoms with van der Waals surface area (Å²) in [6.07, 6.45) is 3.08. The van der Waals surface area contributed by atoms with E-state index in [1.54, 1.807) is 6.33 Å². The molecule has 3 rings (SSSR count). The number of carbonyl (C=O) groups is 1. The molecule has 0 fully saturated rings. The van der Waals surface area contributed by atoms with Crippen molar-refractivity contribution in [1.82, 2.24) is 19.5 Å². The van der Waals surface area contributed by atoms with Gasteiger partial charge < -0.3 is 21.4 Å². The van der Waals surface area contributed by atoms with Crippen molar-refractivity contribution in [2.45, 2.75) is 6.54 Å². The number of nitrogens with zero attached hydrogens (tertiary/aromatic N) is 4. The topological polar surface area (TPSA) is 125 Å². The maximum atomic E-state index is 11.3. The minimum absolute atomic E-state index is 0.0490. The van der Waals surface area contributed by atoms with Crippen molar-refractivity contribution in [3.63, 3.8) is 0 Å². The van der Waals surface area contributed by atoms with Crippen molar-refractivity contribution in [2.75, 3.05) is 17.6 Å². The second kappa shape index (κ2) is 5.78. The molecule has 0 aliphatic carbocycles. The normalized spacial score (nSPS) is 10.8. The Kier molecular flexibility index (Phi) is 3.67. The molecule has 0 saturated heterocycles. The molecule has 5 N–H and O–H groups in total. The van der Waals surface area contributed by atoms with Gasteiger partial charge >= 0.3 is 0 Å². The van der Waals surface area contributed by atoms with Gasteiger partial charge in [-0.1, -0.05) is 12.1 Å². The van der Waals surface area contributed by atoms with Gasteiger partial charge in [0.25, 0.3) is 0 Å². The maximum absolute atomic E-state index is 11.3. The number of amides is 1. The summed E-state index contributed by atoms with van der Waals surface area (Å²) >= 11 is 0. The highest BCUT2D eigenvalue weighted by atomic mass is 16.1. The lowest BCUT2D eigenvalue weighted by atomic mass is 10.2. The van der Waals surface area contributed by atoms with Crippen molar-refractivity contribution in [3.05, 3.63) is 42.5 Å². The lowest BCUT2D eigenvalue weighted by Gasteiger charge is -2.08. The largest absolute Gasteiger partial charge is 0.382 e. The number of imidazole rings is 1. The fourth-order valence-corrected chi connectivity index (χ4v) is 2.17. The average molecular weight is 297 g/mol. The Morgan fingerprint density at radius 3 is 2.95 bits per heavy atom. The van der Waals surface area contributed by atoms with Crippen LogP contribution in [0.4, 0.5) is 11.5 Å². The number of anilines is 2. The molecule has 8 nitrogen and oxygen atoms in total. The molecule has 2 heterocycles. The number of rotatable bonds is 4. The van der Waals surface area contributed by atoms with Crippen LogP contribution in [0.5, 0.6) is 0 Å². The first-order chi connectivity index (χ1) is 10.7. The fourth-order valence-electron chi connectivity index (χ4n) is 2.17. The molecule has 0 aliphatic heterocycles. The molecule has 0 saturated carbocycles. The predicted molar refractivity (Wildman–Crippen MR) is 83.0 cm³/mol. The molecule has 0 spiro atoms. The highest BCUT2D eigenvalue weighted by Crippen LogP contribution is 2.17.